The molecule has 0 aliphatic rings. The molecular weight excluding hydrogens is 116 g/mol. The van der Waals surface area contributed by atoms with Crippen molar-refractivity contribution in [2.45, 2.75) is 0 Å². The maximum Gasteiger partial charge on any atom is 1.00 e. The first kappa shape index (κ1) is 8.04. The van der Waals surface area contributed by atoms with Crippen LogP contribution in [0.3, 0.4) is 0 Å². The SMILES string of the molecule is Clc1[c-]nccc1.[Li+]. The first-order valence-electron chi connectivity index (χ1n) is 1.88. The normalized spacial score (nSPS) is 7.62. The molecule has 1 heterocycles. The summed E-state index contributed by atoms with van der Waals surface area (Å²) in [7, 11) is 0. The number of aromatic nitrogens is 1. The fraction of sp³-hybridized carbons (Fsp3) is 0. The van der Waals surface area contributed by atoms with E-state index in [1.807, 2.05) is 0 Å². The Bertz CT molecular complexity index is 142. The monoisotopic (exact) mass is 119 g/mol. The predicted molar refractivity (Wildman–Crippen MR) is 28.1 cm³/mol. The van der Waals surface area contributed by atoms with Crippen molar-refractivity contribution in [1.29, 1.82) is 0 Å². The Labute approximate surface area is 65.3 Å². The molecule has 1 aromatic rings. The molecule has 3 heteroatoms. The molecular formula is C5H3ClLiN. The van der Waals surface area contributed by atoms with Crippen molar-refractivity contribution < 1.29 is 18.9 Å². The molecule has 0 radical (unpaired) electrons. The summed E-state index contributed by atoms with van der Waals surface area (Å²) < 4.78 is 0. The largest absolute Gasteiger partial charge is 1.00 e. The van der Waals surface area contributed by atoms with Crippen LogP contribution in [0.1, 0.15) is 0 Å². The van der Waals surface area contributed by atoms with Crippen molar-refractivity contribution >= 4 is 11.6 Å². The smallest absolute Gasteiger partial charge is 0.393 e. The fourth-order valence-electron chi connectivity index (χ4n) is 0.307. The molecule has 0 N–H and O–H groups in total. The molecule has 36 valence electrons. The van der Waals surface area contributed by atoms with E-state index < -0.39 is 0 Å². The molecule has 0 atom stereocenters. The van der Waals surface area contributed by atoms with Crippen LogP contribution in [0, 0.1) is 6.20 Å². The van der Waals surface area contributed by atoms with Crippen LogP contribution in [0.4, 0.5) is 0 Å². The van der Waals surface area contributed by atoms with Crippen LogP contribution in [0.15, 0.2) is 18.3 Å². The van der Waals surface area contributed by atoms with Gasteiger partial charge in [0, 0.05) is 0 Å². The molecule has 0 fully saturated rings. The van der Waals surface area contributed by atoms with Gasteiger partial charge in [0.25, 0.3) is 0 Å². The van der Waals surface area contributed by atoms with E-state index >= 15 is 0 Å². The Morgan fingerprint density at radius 1 is 1.62 bits per heavy atom. The number of hydrogen-bond acceptors (Lipinski definition) is 1. The van der Waals surface area contributed by atoms with Crippen LogP contribution in [-0.2, 0) is 0 Å². The van der Waals surface area contributed by atoms with E-state index in [2.05, 4.69) is 11.2 Å². The van der Waals surface area contributed by atoms with Gasteiger partial charge in [-0.05, 0) is 0 Å². The summed E-state index contributed by atoms with van der Waals surface area (Å²) in [5.41, 5.74) is 0. The van der Waals surface area contributed by atoms with E-state index in [9.17, 15) is 0 Å². The van der Waals surface area contributed by atoms with Gasteiger partial charge in [0.15, 0.2) is 0 Å². The molecule has 8 heavy (non-hydrogen) atoms. The van der Waals surface area contributed by atoms with Gasteiger partial charge in [0.1, 0.15) is 0 Å². The van der Waals surface area contributed by atoms with Crippen molar-refractivity contribution in [2.75, 3.05) is 0 Å². The van der Waals surface area contributed by atoms with Gasteiger partial charge in [-0.2, -0.15) is 6.07 Å². The molecule has 0 aliphatic heterocycles. The summed E-state index contributed by atoms with van der Waals surface area (Å²) >= 11 is 5.42. The maximum absolute atomic E-state index is 5.42. The Morgan fingerprint density at radius 2 is 2.38 bits per heavy atom. The van der Waals surface area contributed by atoms with Crippen LogP contribution < -0.4 is 18.9 Å². The summed E-state index contributed by atoms with van der Waals surface area (Å²) in [6.45, 7) is 0. The Balaban J connectivity index is 0.000000490. The molecule has 0 unspecified atom stereocenters. The molecule has 0 aromatic carbocycles. The Kier molecular flexibility index (Phi) is 3.99. The van der Waals surface area contributed by atoms with Gasteiger partial charge in [-0.3, -0.25) is 0 Å². The van der Waals surface area contributed by atoms with Crippen LogP contribution >= 0.6 is 11.6 Å². The van der Waals surface area contributed by atoms with Crippen LogP contribution in [0.25, 0.3) is 0 Å². The predicted octanol–water partition coefficient (Wildman–Crippen LogP) is -1.46. The van der Waals surface area contributed by atoms with Gasteiger partial charge in [0.05, 0.1) is 0 Å². The van der Waals surface area contributed by atoms with E-state index in [1.54, 1.807) is 18.3 Å². The number of nitrogens with zero attached hydrogens (tertiary/aromatic N) is 1. The van der Waals surface area contributed by atoms with Gasteiger partial charge >= 0.3 is 18.9 Å². The third kappa shape index (κ3) is 2.37. The average molecular weight is 119 g/mol. The molecule has 1 nitrogen and oxygen atoms in total. The number of rotatable bonds is 0. The zero-order chi connectivity index (χ0) is 5.11. The van der Waals surface area contributed by atoms with Crippen molar-refractivity contribution in [3.8, 4) is 0 Å². The van der Waals surface area contributed by atoms with Crippen molar-refractivity contribution in [1.82, 2.24) is 4.98 Å². The minimum Gasteiger partial charge on any atom is -0.393 e. The molecule has 0 aliphatic carbocycles. The zero-order valence-corrected chi connectivity index (χ0v) is 5.31. The second-order valence-electron chi connectivity index (χ2n) is 1.10. The summed E-state index contributed by atoms with van der Waals surface area (Å²) in [4.78, 5) is 3.63. The first-order chi connectivity index (χ1) is 3.39. The Hall–Kier alpha value is 0.0374. The van der Waals surface area contributed by atoms with Crippen molar-refractivity contribution in [3.63, 3.8) is 0 Å². The summed E-state index contributed by atoms with van der Waals surface area (Å²) in [5, 5.41) is 0.558. The Morgan fingerprint density at radius 3 is 2.62 bits per heavy atom. The van der Waals surface area contributed by atoms with E-state index in [1.165, 1.54) is 0 Å². The van der Waals surface area contributed by atoms with Gasteiger partial charge in [-0.1, -0.05) is 17.4 Å². The van der Waals surface area contributed by atoms with Crippen molar-refractivity contribution in [2.24, 2.45) is 0 Å². The standard InChI is InChI=1S/C5H3ClN.Li/c6-5-2-1-3-7-4-5;/h1-3H;/q-1;+1. The third-order valence-electron chi connectivity index (χ3n) is 0.575. The second kappa shape index (κ2) is 3.97. The van der Waals surface area contributed by atoms with Gasteiger partial charge in [0.2, 0.25) is 0 Å². The molecule has 0 bridgehead atoms. The number of hydrogen-bond donors (Lipinski definition) is 0. The third-order valence-corrected chi connectivity index (χ3v) is 0.785. The fourth-order valence-corrected chi connectivity index (χ4v) is 0.428. The van der Waals surface area contributed by atoms with Gasteiger partial charge < -0.3 is 4.98 Å². The van der Waals surface area contributed by atoms with E-state index in [4.69, 9.17) is 11.6 Å². The summed E-state index contributed by atoms with van der Waals surface area (Å²) in [6, 6.07) is 3.49. The summed E-state index contributed by atoms with van der Waals surface area (Å²) in [6.07, 6.45) is 4.18. The molecule has 1 aromatic heterocycles. The summed E-state index contributed by atoms with van der Waals surface area (Å²) in [5.74, 6) is 0. The van der Waals surface area contributed by atoms with Crippen LogP contribution in [0.2, 0.25) is 5.02 Å². The average Bonchev–Trinajstić information content (AvgIpc) is 1.69. The van der Waals surface area contributed by atoms with Gasteiger partial charge in [-0.15, -0.1) is 17.7 Å². The topological polar surface area (TPSA) is 12.9 Å². The first-order valence-corrected chi connectivity index (χ1v) is 2.25. The number of pyridine rings is 1. The molecule has 0 saturated heterocycles. The van der Waals surface area contributed by atoms with E-state index in [0.29, 0.717) is 5.02 Å². The molecule has 0 spiro atoms. The van der Waals surface area contributed by atoms with E-state index in [0.717, 1.165) is 0 Å². The minimum absolute atomic E-state index is 0. The minimum atomic E-state index is 0. The van der Waals surface area contributed by atoms with Gasteiger partial charge in [-0.25, -0.2) is 0 Å². The van der Waals surface area contributed by atoms with E-state index in [-0.39, 0.29) is 18.9 Å². The quantitative estimate of drug-likeness (QED) is 0.301. The maximum atomic E-state index is 5.42. The van der Waals surface area contributed by atoms with Crippen LogP contribution in [0.5, 0.6) is 0 Å². The second-order valence-corrected chi connectivity index (χ2v) is 1.50. The number of halogens is 1. The zero-order valence-electron chi connectivity index (χ0n) is 4.56. The molecule has 0 saturated carbocycles. The van der Waals surface area contributed by atoms with Crippen molar-refractivity contribution in [3.05, 3.63) is 29.5 Å². The van der Waals surface area contributed by atoms with Crippen LogP contribution in [-0.4, -0.2) is 4.98 Å². The molecule has 1 rings (SSSR count). The molecule has 0 amide bonds.